The fourth-order valence-electron chi connectivity index (χ4n) is 1.88. The normalized spacial score (nSPS) is 9.85. The lowest BCUT2D eigenvalue weighted by atomic mass is 10.1. The molecule has 5 nitrogen and oxygen atoms in total. The molecule has 27 heavy (non-hydrogen) atoms. The van der Waals surface area contributed by atoms with Crippen molar-refractivity contribution in [2.24, 2.45) is 0 Å². The summed E-state index contributed by atoms with van der Waals surface area (Å²) < 4.78 is 52.1. The second-order valence-electron chi connectivity index (χ2n) is 5.08. The zero-order valence-corrected chi connectivity index (χ0v) is 15.3. The van der Waals surface area contributed by atoms with Gasteiger partial charge in [-0.1, -0.05) is 0 Å². The van der Waals surface area contributed by atoms with Gasteiger partial charge in [0.15, 0.2) is 0 Å². The van der Waals surface area contributed by atoms with Crippen LogP contribution in [-0.4, -0.2) is 22.2 Å². The van der Waals surface area contributed by atoms with E-state index >= 15 is 0 Å². The standard InChI is InChI=1S/C9H5F2NO2.C8H5BrF2O2/c1-4-7(10)5(9(13)14)3-6(12-2)8(4)11;1-3-6(10)4(8(12)13)2-5(9)7(3)11/h3H,1H3,(H,13,14);2H,1H3,(H,12,13). The van der Waals surface area contributed by atoms with Crippen molar-refractivity contribution >= 4 is 33.6 Å². The van der Waals surface area contributed by atoms with Crippen LogP contribution in [-0.2, 0) is 0 Å². The molecule has 0 aromatic heterocycles. The summed E-state index contributed by atoms with van der Waals surface area (Å²) in [5.74, 6) is -6.89. The third-order valence-electron chi connectivity index (χ3n) is 3.36. The maximum atomic E-state index is 13.1. The van der Waals surface area contributed by atoms with E-state index in [1.54, 1.807) is 0 Å². The summed E-state index contributed by atoms with van der Waals surface area (Å²) in [6.07, 6.45) is 0. The van der Waals surface area contributed by atoms with Gasteiger partial charge in [0.1, 0.15) is 23.3 Å². The Kier molecular flexibility index (Phi) is 7.07. The number of carboxylic acids is 2. The lowest BCUT2D eigenvalue weighted by molar-refractivity contribution is 0.0680. The average molecular weight is 448 g/mol. The summed E-state index contributed by atoms with van der Waals surface area (Å²) in [5.41, 5.74) is -2.45. The number of carboxylic acid groups (broad SMARTS) is 2. The highest BCUT2D eigenvalue weighted by Gasteiger charge is 2.19. The SMILES string of the molecule is Cc1c(F)c(Br)cc(C(=O)O)c1F.[C-]#[N+]c1cc(C(=O)O)c(F)c(C)c1F. The molecule has 10 heteroatoms. The Hall–Kier alpha value is -2.93. The second-order valence-corrected chi connectivity index (χ2v) is 5.93. The number of hydrogen-bond acceptors (Lipinski definition) is 2. The van der Waals surface area contributed by atoms with E-state index in [0.717, 1.165) is 13.0 Å². The van der Waals surface area contributed by atoms with Gasteiger partial charge in [0.05, 0.1) is 22.2 Å². The van der Waals surface area contributed by atoms with Crippen molar-refractivity contribution in [2.75, 3.05) is 0 Å². The van der Waals surface area contributed by atoms with Gasteiger partial charge in [-0.05, 0) is 41.9 Å². The zero-order chi connectivity index (χ0) is 21.0. The van der Waals surface area contributed by atoms with Gasteiger partial charge < -0.3 is 10.2 Å². The van der Waals surface area contributed by atoms with Crippen LogP contribution < -0.4 is 0 Å². The van der Waals surface area contributed by atoms with Gasteiger partial charge in [0.2, 0.25) is 5.69 Å². The number of hydrogen-bond donors (Lipinski definition) is 2. The van der Waals surface area contributed by atoms with Crippen LogP contribution in [0.25, 0.3) is 4.85 Å². The topological polar surface area (TPSA) is 79.0 Å². The van der Waals surface area contributed by atoms with Crippen LogP contribution in [0.1, 0.15) is 31.8 Å². The molecule has 2 aromatic carbocycles. The van der Waals surface area contributed by atoms with Gasteiger partial charge in [0.25, 0.3) is 0 Å². The first-order valence-corrected chi connectivity index (χ1v) is 7.70. The van der Waals surface area contributed by atoms with Crippen LogP contribution in [0.15, 0.2) is 16.6 Å². The zero-order valence-electron chi connectivity index (χ0n) is 13.7. The lowest BCUT2D eigenvalue weighted by Crippen LogP contribution is -2.04. The van der Waals surface area contributed by atoms with Crippen LogP contribution in [0.4, 0.5) is 23.2 Å². The van der Waals surface area contributed by atoms with E-state index < -0.39 is 57.6 Å². The molecular weight excluding hydrogens is 438 g/mol. The van der Waals surface area contributed by atoms with Crippen LogP contribution >= 0.6 is 15.9 Å². The molecule has 0 radical (unpaired) electrons. The van der Waals surface area contributed by atoms with Gasteiger partial charge >= 0.3 is 11.9 Å². The molecule has 0 bridgehead atoms. The Balaban J connectivity index is 0.000000271. The molecule has 0 spiro atoms. The third kappa shape index (κ3) is 4.62. The highest BCUT2D eigenvalue weighted by Crippen LogP contribution is 2.26. The molecule has 0 amide bonds. The summed E-state index contributed by atoms with van der Waals surface area (Å²) in [4.78, 5) is 23.7. The molecule has 2 aromatic rings. The molecule has 0 saturated carbocycles. The summed E-state index contributed by atoms with van der Waals surface area (Å²) in [6, 6.07) is 1.59. The van der Waals surface area contributed by atoms with E-state index in [4.69, 9.17) is 16.8 Å². The fraction of sp³-hybridized carbons (Fsp3) is 0.118. The Labute approximate surface area is 158 Å². The minimum absolute atomic E-state index is 0.0520. The molecule has 0 atom stereocenters. The van der Waals surface area contributed by atoms with Crippen LogP contribution in [0.2, 0.25) is 0 Å². The highest BCUT2D eigenvalue weighted by atomic mass is 79.9. The number of halogens is 5. The largest absolute Gasteiger partial charge is 0.478 e. The maximum absolute atomic E-state index is 13.1. The first-order valence-electron chi connectivity index (χ1n) is 6.90. The smallest absolute Gasteiger partial charge is 0.338 e. The van der Waals surface area contributed by atoms with Crippen LogP contribution in [0, 0.1) is 43.7 Å². The monoisotopic (exact) mass is 447 g/mol. The molecule has 0 aliphatic carbocycles. The summed E-state index contributed by atoms with van der Waals surface area (Å²) in [6.45, 7) is 8.83. The fourth-order valence-corrected chi connectivity index (χ4v) is 2.40. The second kappa shape index (κ2) is 8.64. The van der Waals surface area contributed by atoms with Crippen molar-refractivity contribution in [3.63, 3.8) is 0 Å². The Morgan fingerprint density at radius 2 is 1.30 bits per heavy atom. The Bertz CT molecular complexity index is 986. The van der Waals surface area contributed by atoms with Crippen molar-refractivity contribution in [1.29, 1.82) is 0 Å². The van der Waals surface area contributed by atoms with Crippen LogP contribution in [0.5, 0.6) is 0 Å². The van der Waals surface area contributed by atoms with E-state index in [9.17, 15) is 27.2 Å². The minimum Gasteiger partial charge on any atom is -0.478 e. The molecular formula is C17H10BrF4NO4. The molecule has 0 fully saturated rings. The van der Waals surface area contributed by atoms with Crippen molar-refractivity contribution in [2.45, 2.75) is 13.8 Å². The van der Waals surface area contributed by atoms with Crippen molar-refractivity contribution in [1.82, 2.24) is 0 Å². The van der Waals surface area contributed by atoms with Crippen LogP contribution in [0.3, 0.4) is 0 Å². The van der Waals surface area contributed by atoms with E-state index in [2.05, 4.69) is 20.8 Å². The quantitative estimate of drug-likeness (QED) is 0.374. The number of rotatable bonds is 2. The number of carbonyl (C=O) groups is 2. The maximum Gasteiger partial charge on any atom is 0.338 e. The Morgan fingerprint density at radius 1 is 0.889 bits per heavy atom. The van der Waals surface area contributed by atoms with E-state index in [1.807, 2.05) is 0 Å². The van der Waals surface area contributed by atoms with E-state index in [-0.39, 0.29) is 10.0 Å². The van der Waals surface area contributed by atoms with Gasteiger partial charge in [-0.25, -0.2) is 32.0 Å². The van der Waals surface area contributed by atoms with E-state index in [0.29, 0.717) is 6.07 Å². The van der Waals surface area contributed by atoms with Gasteiger partial charge in [-0.15, -0.1) is 0 Å². The number of benzene rings is 2. The molecule has 142 valence electrons. The average Bonchev–Trinajstić information content (AvgIpc) is 2.61. The molecule has 0 aliphatic heterocycles. The highest BCUT2D eigenvalue weighted by molar-refractivity contribution is 9.10. The minimum atomic E-state index is -1.52. The van der Waals surface area contributed by atoms with Crippen molar-refractivity contribution < 1.29 is 37.4 Å². The third-order valence-corrected chi connectivity index (χ3v) is 3.93. The number of aromatic carboxylic acids is 2. The predicted octanol–water partition coefficient (Wildman–Crippen LogP) is 5.26. The van der Waals surface area contributed by atoms with Gasteiger partial charge in [0, 0.05) is 11.1 Å². The molecule has 0 aliphatic rings. The first kappa shape index (κ1) is 22.1. The molecule has 0 unspecified atom stereocenters. The summed E-state index contributed by atoms with van der Waals surface area (Å²) in [5, 5.41) is 17.1. The molecule has 0 heterocycles. The van der Waals surface area contributed by atoms with E-state index in [1.165, 1.54) is 6.92 Å². The van der Waals surface area contributed by atoms with Gasteiger partial charge in [-0.3, -0.25) is 0 Å². The lowest BCUT2D eigenvalue weighted by Gasteiger charge is -2.04. The van der Waals surface area contributed by atoms with Crippen molar-refractivity contribution in [3.8, 4) is 0 Å². The molecule has 0 saturated heterocycles. The molecule has 2 rings (SSSR count). The first-order chi connectivity index (χ1) is 12.4. The Morgan fingerprint density at radius 3 is 1.70 bits per heavy atom. The summed E-state index contributed by atoms with van der Waals surface area (Å²) >= 11 is 2.79. The number of nitrogens with zero attached hydrogens (tertiary/aromatic N) is 1. The summed E-state index contributed by atoms with van der Waals surface area (Å²) in [7, 11) is 0. The molecule has 2 N–H and O–H groups in total. The van der Waals surface area contributed by atoms with Crippen molar-refractivity contribution in [3.05, 3.63) is 73.5 Å². The van der Waals surface area contributed by atoms with Gasteiger partial charge in [-0.2, -0.15) is 0 Å². The predicted molar refractivity (Wildman–Crippen MR) is 90.1 cm³/mol.